The Balaban J connectivity index is 1.69. The third-order valence-corrected chi connectivity index (χ3v) is 3.63. The first-order valence-electron chi connectivity index (χ1n) is 7.19. The fourth-order valence-corrected chi connectivity index (χ4v) is 2.52. The summed E-state index contributed by atoms with van der Waals surface area (Å²) >= 11 is 0. The minimum absolute atomic E-state index is 0.0215. The second-order valence-electron chi connectivity index (χ2n) is 5.09. The average Bonchev–Trinajstić information content (AvgIpc) is 3.17. The number of likely N-dealkylation sites (tertiary alicyclic amines) is 1. The molecule has 1 aromatic carbocycles. The van der Waals surface area contributed by atoms with Crippen molar-refractivity contribution >= 4 is 6.03 Å². The smallest absolute Gasteiger partial charge is 0.317 e. The Morgan fingerprint density at radius 1 is 1.43 bits per heavy atom. The van der Waals surface area contributed by atoms with Gasteiger partial charge >= 0.3 is 6.03 Å². The summed E-state index contributed by atoms with van der Waals surface area (Å²) in [6, 6.07) is 9.67. The summed E-state index contributed by atoms with van der Waals surface area (Å²) in [4.78, 5) is 18.1. The summed E-state index contributed by atoms with van der Waals surface area (Å²) in [6.45, 7) is 3.92. The summed E-state index contributed by atoms with van der Waals surface area (Å²) < 4.78 is 5.33. The first kappa shape index (κ1) is 13.6. The Kier molecular flexibility index (Phi) is 3.85. The molecule has 1 unspecified atom stereocenters. The van der Waals surface area contributed by atoms with Gasteiger partial charge in [-0.25, -0.2) is 4.79 Å². The highest BCUT2D eigenvalue weighted by atomic mass is 16.5. The standard InChI is InChI=1S/C15H18N4O2/c1-2-16-15(20)19-9-8-12(10-19)13-17-14(21-18-13)11-6-4-3-5-7-11/h3-7,12H,2,8-10H2,1H3,(H,16,20). The van der Waals surface area contributed by atoms with E-state index in [2.05, 4.69) is 15.5 Å². The maximum atomic E-state index is 11.8. The number of nitrogens with one attached hydrogen (secondary N) is 1. The van der Waals surface area contributed by atoms with E-state index in [0.29, 0.717) is 24.8 Å². The Labute approximate surface area is 123 Å². The van der Waals surface area contributed by atoms with Crippen molar-refractivity contribution in [2.45, 2.75) is 19.3 Å². The molecule has 1 N–H and O–H groups in total. The van der Waals surface area contributed by atoms with Crippen LogP contribution in [-0.2, 0) is 0 Å². The van der Waals surface area contributed by atoms with E-state index in [1.807, 2.05) is 37.3 Å². The fourth-order valence-electron chi connectivity index (χ4n) is 2.52. The van der Waals surface area contributed by atoms with Crippen molar-refractivity contribution in [1.29, 1.82) is 0 Å². The van der Waals surface area contributed by atoms with Gasteiger partial charge < -0.3 is 14.7 Å². The SMILES string of the molecule is CCNC(=O)N1CCC(c2noc(-c3ccccc3)n2)C1. The number of aromatic nitrogens is 2. The molecule has 2 aromatic rings. The number of amides is 2. The van der Waals surface area contributed by atoms with Crippen molar-refractivity contribution in [3.8, 4) is 11.5 Å². The molecule has 0 saturated carbocycles. The van der Waals surface area contributed by atoms with Gasteiger partial charge in [-0.2, -0.15) is 4.98 Å². The van der Waals surface area contributed by atoms with Crippen LogP contribution >= 0.6 is 0 Å². The molecule has 3 rings (SSSR count). The number of carbonyl (C=O) groups is 1. The molecule has 110 valence electrons. The molecule has 1 aliphatic rings. The average molecular weight is 286 g/mol. The van der Waals surface area contributed by atoms with Crippen LogP contribution in [0.25, 0.3) is 11.5 Å². The third kappa shape index (κ3) is 2.89. The van der Waals surface area contributed by atoms with Gasteiger partial charge in [0.25, 0.3) is 5.89 Å². The number of hydrogen-bond acceptors (Lipinski definition) is 4. The fraction of sp³-hybridized carbons (Fsp3) is 0.400. The Morgan fingerprint density at radius 3 is 3.00 bits per heavy atom. The minimum atomic E-state index is -0.0215. The summed E-state index contributed by atoms with van der Waals surface area (Å²) in [5, 5.41) is 6.88. The number of rotatable bonds is 3. The Morgan fingerprint density at radius 2 is 2.24 bits per heavy atom. The number of hydrogen-bond donors (Lipinski definition) is 1. The number of benzene rings is 1. The molecule has 6 heteroatoms. The van der Waals surface area contributed by atoms with Gasteiger partial charge in [0.1, 0.15) is 0 Å². The zero-order chi connectivity index (χ0) is 14.7. The highest BCUT2D eigenvalue weighted by molar-refractivity contribution is 5.74. The highest BCUT2D eigenvalue weighted by Gasteiger charge is 2.30. The van der Waals surface area contributed by atoms with E-state index in [1.165, 1.54) is 0 Å². The van der Waals surface area contributed by atoms with E-state index in [4.69, 9.17) is 4.52 Å². The predicted octanol–water partition coefficient (Wildman–Crippen LogP) is 2.26. The highest BCUT2D eigenvalue weighted by Crippen LogP contribution is 2.27. The predicted molar refractivity (Wildman–Crippen MR) is 77.7 cm³/mol. The Hall–Kier alpha value is -2.37. The van der Waals surface area contributed by atoms with Crippen LogP contribution in [0, 0.1) is 0 Å². The summed E-state index contributed by atoms with van der Waals surface area (Å²) in [5.41, 5.74) is 0.912. The zero-order valence-electron chi connectivity index (χ0n) is 12.0. The first-order valence-corrected chi connectivity index (χ1v) is 7.19. The molecule has 0 aliphatic carbocycles. The lowest BCUT2D eigenvalue weighted by atomic mass is 10.1. The minimum Gasteiger partial charge on any atom is -0.338 e. The van der Waals surface area contributed by atoms with Gasteiger partial charge in [0, 0.05) is 31.1 Å². The number of urea groups is 1. The van der Waals surface area contributed by atoms with E-state index in [-0.39, 0.29) is 11.9 Å². The molecule has 6 nitrogen and oxygen atoms in total. The van der Waals surface area contributed by atoms with E-state index in [0.717, 1.165) is 18.5 Å². The van der Waals surface area contributed by atoms with Gasteiger partial charge in [-0.1, -0.05) is 23.4 Å². The molecule has 0 bridgehead atoms. The van der Waals surface area contributed by atoms with Gasteiger partial charge in [-0.3, -0.25) is 0 Å². The van der Waals surface area contributed by atoms with Crippen molar-refractivity contribution in [3.05, 3.63) is 36.2 Å². The monoisotopic (exact) mass is 286 g/mol. The van der Waals surface area contributed by atoms with Crippen molar-refractivity contribution < 1.29 is 9.32 Å². The van der Waals surface area contributed by atoms with E-state index >= 15 is 0 Å². The van der Waals surface area contributed by atoms with Crippen LogP contribution in [0.3, 0.4) is 0 Å². The third-order valence-electron chi connectivity index (χ3n) is 3.63. The topological polar surface area (TPSA) is 71.3 Å². The van der Waals surface area contributed by atoms with Gasteiger partial charge in [0.15, 0.2) is 5.82 Å². The van der Waals surface area contributed by atoms with Crippen molar-refractivity contribution in [1.82, 2.24) is 20.4 Å². The second-order valence-corrected chi connectivity index (χ2v) is 5.09. The molecule has 2 amide bonds. The number of carbonyl (C=O) groups excluding carboxylic acids is 1. The maximum Gasteiger partial charge on any atom is 0.317 e. The molecule has 21 heavy (non-hydrogen) atoms. The summed E-state index contributed by atoms with van der Waals surface area (Å²) in [5.74, 6) is 1.36. The Bertz CT molecular complexity index is 611. The maximum absolute atomic E-state index is 11.8. The molecule has 1 aromatic heterocycles. The number of nitrogens with zero attached hydrogens (tertiary/aromatic N) is 3. The van der Waals surface area contributed by atoms with E-state index in [9.17, 15) is 4.79 Å². The summed E-state index contributed by atoms with van der Waals surface area (Å²) in [7, 11) is 0. The lowest BCUT2D eigenvalue weighted by molar-refractivity contribution is 0.208. The van der Waals surface area contributed by atoms with Crippen LogP contribution in [0.4, 0.5) is 4.79 Å². The van der Waals surface area contributed by atoms with Crippen molar-refractivity contribution in [2.24, 2.45) is 0 Å². The van der Waals surface area contributed by atoms with Gasteiger partial charge in [0.05, 0.1) is 0 Å². The second kappa shape index (κ2) is 5.95. The quantitative estimate of drug-likeness (QED) is 0.939. The van der Waals surface area contributed by atoms with Crippen LogP contribution in [0.2, 0.25) is 0 Å². The van der Waals surface area contributed by atoms with Gasteiger partial charge in [-0.05, 0) is 25.5 Å². The largest absolute Gasteiger partial charge is 0.338 e. The molecule has 1 fully saturated rings. The normalized spacial score (nSPS) is 18.0. The van der Waals surface area contributed by atoms with Crippen molar-refractivity contribution in [2.75, 3.05) is 19.6 Å². The van der Waals surface area contributed by atoms with Crippen molar-refractivity contribution in [3.63, 3.8) is 0 Å². The van der Waals surface area contributed by atoms with Gasteiger partial charge in [-0.15, -0.1) is 0 Å². The lowest BCUT2D eigenvalue weighted by Gasteiger charge is -2.15. The molecule has 0 spiro atoms. The van der Waals surface area contributed by atoms with E-state index in [1.54, 1.807) is 4.90 Å². The summed E-state index contributed by atoms with van der Waals surface area (Å²) in [6.07, 6.45) is 0.866. The molecular formula is C15H18N4O2. The van der Waals surface area contributed by atoms with Crippen LogP contribution in [-0.4, -0.2) is 40.7 Å². The molecule has 1 atom stereocenters. The van der Waals surface area contributed by atoms with Crippen LogP contribution < -0.4 is 5.32 Å². The van der Waals surface area contributed by atoms with Crippen LogP contribution in [0.15, 0.2) is 34.9 Å². The molecule has 1 aliphatic heterocycles. The van der Waals surface area contributed by atoms with Crippen LogP contribution in [0.1, 0.15) is 25.1 Å². The molecular weight excluding hydrogens is 268 g/mol. The molecule has 1 saturated heterocycles. The lowest BCUT2D eigenvalue weighted by Crippen LogP contribution is -2.38. The van der Waals surface area contributed by atoms with Gasteiger partial charge in [0.2, 0.25) is 0 Å². The van der Waals surface area contributed by atoms with Crippen LogP contribution in [0.5, 0.6) is 0 Å². The zero-order valence-corrected chi connectivity index (χ0v) is 12.0. The first-order chi connectivity index (χ1) is 10.3. The molecule has 0 radical (unpaired) electrons. The van der Waals surface area contributed by atoms with E-state index < -0.39 is 0 Å². The molecule has 2 heterocycles.